The first-order valence-corrected chi connectivity index (χ1v) is 8.61. The van der Waals surface area contributed by atoms with Gasteiger partial charge in [-0.05, 0) is 31.7 Å². The predicted octanol–water partition coefficient (Wildman–Crippen LogP) is 1.46. The number of thiophene rings is 1. The monoisotopic (exact) mass is 319 g/mol. The molecule has 0 unspecified atom stereocenters. The van der Waals surface area contributed by atoms with E-state index < -0.39 is 16.0 Å². The van der Waals surface area contributed by atoms with Gasteiger partial charge >= 0.3 is 5.97 Å². The molecule has 0 bridgehead atoms. The summed E-state index contributed by atoms with van der Waals surface area (Å²) in [4.78, 5) is 11.5. The molecule has 0 saturated carbocycles. The van der Waals surface area contributed by atoms with Gasteiger partial charge in [-0.2, -0.15) is 0 Å². The second-order valence-electron chi connectivity index (χ2n) is 4.74. The van der Waals surface area contributed by atoms with E-state index in [2.05, 4.69) is 4.72 Å². The average Bonchev–Trinajstić information content (AvgIpc) is 2.81. The minimum Gasteiger partial charge on any atom is -0.477 e. The van der Waals surface area contributed by atoms with Gasteiger partial charge in [0, 0.05) is 24.6 Å². The number of hydrogen-bond donors (Lipinski definition) is 2. The van der Waals surface area contributed by atoms with Crippen molar-refractivity contribution in [3.8, 4) is 0 Å². The Morgan fingerprint density at radius 3 is 2.70 bits per heavy atom. The number of ether oxygens (including phenoxy) is 1. The molecule has 1 aromatic heterocycles. The first kappa shape index (κ1) is 15.4. The summed E-state index contributed by atoms with van der Waals surface area (Å²) >= 11 is 0.972. The third kappa shape index (κ3) is 3.57. The van der Waals surface area contributed by atoms with Crippen LogP contribution >= 0.6 is 11.3 Å². The molecule has 0 atom stereocenters. The zero-order valence-electron chi connectivity index (χ0n) is 11.1. The lowest BCUT2D eigenvalue weighted by Gasteiger charge is -2.22. The summed E-state index contributed by atoms with van der Waals surface area (Å²) in [5.74, 6) is -0.833. The van der Waals surface area contributed by atoms with E-state index in [1.807, 2.05) is 0 Å². The van der Waals surface area contributed by atoms with Crippen molar-refractivity contribution >= 4 is 27.3 Å². The maximum Gasteiger partial charge on any atom is 0.345 e. The Kier molecular flexibility index (Phi) is 4.79. The Balaban J connectivity index is 2.07. The molecule has 0 radical (unpaired) electrons. The molecule has 1 fully saturated rings. The molecule has 1 aliphatic heterocycles. The fourth-order valence-electron chi connectivity index (χ4n) is 2.09. The number of carbonyl (C=O) groups is 1. The molecule has 112 valence electrons. The van der Waals surface area contributed by atoms with Crippen molar-refractivity contribution in [2.75, 3.05) is 19.8 Å². The largest absolute Gasteiger partial charge is 0.477 e. The molecule has 1 aromatic rings. The zero-order chi connectivity index (χ0) is 14.8. The van der Waals surface area contributed by atoms with Crippen LogP contribution in [0.4, 0.5) is 0 Å². The minimum absolute atomic E-state index is 0.0361. The third-order valence-corrected chi connectivity index (χ3v) is 5.99. The molecular formula is C12H17NO5S2. The van der Waals surface area contributed by atoms with Gasteiger partial charge in [0.05, 0.1) is 4.90 Å². The van der Waals surface area contributed by atoms with Crippen molar-refractivity contribution in [2.45, 2.75) is 24.7 Å². The Morgan fingerprint density at radius 2 is 2.15 bits per heavy atom. The lowest BCUT2D eigenvalue weighted by molar-refractivity contribution is 0.0677. The van der Waals surface area contributed by atoms with E-state index in [0.717, 1.165) is 24.2 Å². The van der Waals surface area contributed by atoms with Crippen molar-refractivity contribution in [3.05, 3.63) is 15.8 Å². The van der Waals surface area contributed by atoms with Gasteiger partial charge in [-0.25, -0.2) is 17.9 Å². The number of nitrogens with one attached hydrogen (secondary N) is 1. The van der Waals surface area contributed by atoms with Crippen LogP contribution in [-0.4, -0.2) is 39.3 Å². The quantitative estimate of drug-likeness (QED) is 0.857. The Hall–Kier alpha value is -0.960. The number of aryl methyl sites for hydroxylation is 1. The van der Waals surface area contributed by atoms with Crippen LogP contribution < -0.4 is 4.72 Å². The number of hydrogen-bond acceptors (Lipinski definition) is 5. The van der Waals surface area contributed by atoms with Gasteiger partial charge in [-0.15, -0.1) is 11.3 Å². The number of sulfonamides is 1. The SMILES string of the molecule is Cc1sc(C(=O)O)cc1S(=O)(=O)NCC1CCOCC1. The highest BCUT2D eigenvalue weighted by atomic mass is 32.2. The first-order chi connectivity index (χ1) is 9.40. The summed E-state index contributed by atoms with van der Waals surface area (Å²) in [6.07, 6.45) is 1.68. The minimum atomic E-state index is -3.65. The van der Waals surface area contributed by atoms with Crippen LogP contribution in [-0.2, 0) is 14.8 Å². The third-order valence-electron chi connectivity index (χ3n) is 3.28. The van der Waals surface area contributed by atoms with E-state index in [1.54, 1.807) is 6.92 Å². The van der Waals surface area contributed by atoms with Gasteiger partial charge in [0.1, 0.15) is 4.88 Å². The number of carboxylic acids is 1. The highest BCUT2D eigenvalue weighted by Gasteiger charge is 2.23. The molecule has 20 heavy (non-hydrogen) atoms. The van der Waals surface area contributed by atoms with Crippen molar-refractivity contribution in [2.24, 2.45) is 5.92 Å². The average molecular weight is 319 g/mol. The van der Waals surface area contributed by atoms with Gasteiger partial charge in [-0.1, -0.05) is 0 Å². The lowest BCUT2D eigenvalue weighted by atomic mass is 10.0. The first-order valence-electron chi connectivity index (χ1n) is 6.31. The topological polar surface area (TPSA) is 92.7 Å². The fraction of sp³-hybridized carbons (Fsp3) is 0.583. The molecule has 0 spiro atoms. The second kappa shape index (κ2) is 6.21. The van der Waals surface area contributed by atoms with Gasteiger partial charge < -0.3 is 9.84 Å². The molecule has 1 aliphatic rings. The van der Waals surface area contributed by atoms with Crippen molar-refractivity contribution in [1.82, 2.24) is 4.72 Å². The summed E-state index contributed by atoms with van der Waals surface area (Å²) in [5.41, 5.74) is 0. The van der Waals surface area contributed by atoms with Crippen LogP contribution in [0.25, 0.3) is 0 Å². The van der Waals surface area contributed by atoms with Crippen LogP contribution in [0.2, 0.25) is 0 Å². The van der Waals surface area contributed by atoms with E-state index in [1.165, 1.54) is 6.07 Å². The van der Waals surface area contributed by atoms with Crippen LogP contribution in [0.3, 0.4) is 0 Å². The maximum absolute atomic E-state index is 12.2. The molecular weight excluding hydrogens is 302 g/mol. The van der Waals surface area contributed by atoms with E-state index in [-0.39, 0.29) is 15.7 Å². The molecule has 6 nitrogen and oxygen atoms in total. The van der Waals surface area contributed by atoms with Gasteiger partial charge in [0.2, 0.25) is 10.0 Å². The normalized spacial score (nSPS) is 17.2. The number of rotatable bonds is 5. The molecule has 2 rings (SSSR count). The summed E-state index contributed by atoms with van der Waals surface area (Å²) in [6.45, 7) is 3.30. The Morgan fingerprint density at radius 1 is 1.50 bits per heavy atom. The Bertz CT molecular complexity index is 587. The lowest BCUT2D eigenvalue weighted by Crippen LogP contribution is -2.32. The molecule has 0 aliphatic carbocycles. The molecule has 0 amide bonds. The molecule has 2 heterocycles. The number of aromatic carboxylic acids is 1. The molecule has 2 N–H and O–H groups in total. The van der Waals surface area contributed by atoms with Crippen molar-refractivity contribution in [1.29, 1.82) is 0 Å². The highest BCUT2D eigenvalue weighted by molar-refractivity contribution is 7.89. The van der Waals surface area contributed by atoms with Crippen LogP contribution in [0, 0.1) is 12.8 Å². The fourth-order valence-corrected chi connectivity index (χ4v) is 4.64. The van der Waals surface area contributed by atoms with Crippen LogP contribution in [0.1, 0.15) is 27.4 Å². The predicted molar refractivity (Wildman–Crippen MR) is 74.7 cm³/mol. The summed E-state index contributed by atoms with van der Waals surface area (Å²) in [6, 6.07) is 1.22. The number of carboxylic acid groups (broad SMARTS) is 1. The zero-order valence-corrected chi connectivity index (χ0v) is 12.7. The van der Waals surface area contributed by atoms with Gasteiger partial charge in [0.25, 0.3) is 0 Å². The van der Waals surface area contributed by atoms with Crippen molar-refractivity contribution < 1.29 is 23.1 Å². The maximum atomic E-state index is 12.2. The van der Waals surface area contributed by atoms with Gasteiger partial charge in [0.15, 0.2) is 0 Å². The summed E-state index contributed by atoms with van der Waals surface area (Å²) < 4.78 is 32.2. The van der Waals surface area contributed by atoms with E-state index in [0.29, 0.717) is 24.6 Å². The smallest absolute Gasteiger partial charge is 0.345 e. The van der Waals surface area contributed by atoms with E-state index in [4.69, 9.17) is 9.84 Å². The molecule has 1 saturated heterocycles. The van der Waals surface area contributed by atoms with Crippen LogP contribution in [0.15, 0.2) is 11.0 Å². The standard InChI is InChI=1S/C12H17NO5S2/c1-8-11(6-10(19-8)12(14)15)20(16,17)13-7-9-2-4-18-5-3-9/h6,9,13H,2-5,7H2,1H3,(H,14,15). The highest BCUT2D eigenvalue weighted by Crippen LogP contribution is 2.26. The Labute approximate surface area is 121 Å². The van der Waals surface area contributed by atoms with Gasteiger partial charge in [-0.3, -0.25) is 0 Å². The second-order valence-corrected chi connectivity index (χ2v) is 7.74. The van der Waals surface area contributed by atoms with Crippen molar-refractivity contribution in [3.63, 3.8) is 0 Å². The summed E-state index contributed by atoms with van der Waals surface area (Å²) in [5, 5.41) is 8.90. The van der Waals surface area contributed by atoms with E-state index in [9.17, 15) is 13.2 Å². The molecule has 8 heteroatoms. The molecule has 0 aromatic carbocycles. The summed E-state index contributed by atoms with van der Waals surface area (Å²) in [7, 11) is -3.65. The van der Waals surface area contributed by atoms with Crippen LogP contribution in [0.5, 0.6) is 0 Å². The van der Waals surface area contributed by atoms with E-state index >= 15 is 0 Å².